The van der Waals surface area contributed by atoms with Gasteiger partial charge in [0.25, 0.3) is 0 Å². The van der Waals surface area contributed by atoms with Crippen LogP contribution >= 0.6 is 22.6 Å². The molecule has 5 heteroatoms. The summed E-state index contributed by atoms with van der Waals surface area (Å²) in [7, 11) is 2.01. The summed E-state index contributed by atoms with van der Waals surface area (Å²) in [5, 5.41) is 0. The number of anilines is 2. The third-order valence-electron chi connectivity index (χ3n) is 2.41. The minimum absolute atomic E-state index is 0.785. The van der Waals surface area contributed by atoms with E-state index in [9.17, 15) is 0 Å². The van der Waals surface area contributed by atoms with Gasteiger partial charge in [-0.1, -0.05) is 12.1 Å². The average Bonchev–Trinajstić information content (AvgIpc) is 2.32. The van der Waals surface area contributed by atoms with Gasteiger partial charge in [-0.3, -0.25) is 0 Å². The Morgan fingerprint density at radius 3 is 2.65 bits per heavy atom. The van der Waals surface area contributed by atoms with Gasteiger partial charge in [-0.15, -0.1) is 0 Å². The van der Waals surface area contributed by atoms with Crippen LogP contribution in [0.4, 0.5) is 11.5 Å². The topological polar surface area (TPSA) is 55.0 Å². The SMILES string of the molecule is CN(Cc1ccc(N)cc1)c1ncncc1I. The van der Waals surface area contributed by atoms with Crippen molar-refractivity contribution in [3.8, 4) is 0 Å². The van der Waals surface area contributed by atoms with Gasteiger partial charge in [-0.25, -0.2) is 9.97 Å². The Morgan fingerprint density at radius 1 is 1.29 bits per heavy atom. The molecule has 0 saturated heterocycles. The van der Waals surface area contributed by atoms with E-state index in [4.69, 9.17) is 5.73 Å². The summed E-state index contributed by atoms with van der Waals surface area (Å²) < 4.78 is 1.04. The summed E-state index contributed by atoms with van der Waals surface area (Å²) in [5.74, 6) is 0.942. The first kappa shape index (κ1) is 12.1. The van der Waals surface area contributed by atoms with Crippen molar-refractivity contribution in [2.75, 3.05) is 17.7 Å². The number of benzene rings is 1. The van der Waals surface area contributed by atoms with Crippen molar-refractivity contribution in [3.05, 3.63) is 45.9 Å². The van der Waals surface area contributed by atoms with Crippen molar-refractivity contribution in [2.24, 2.45) is 0 Å². The molecule has 0 aliphatic carbocycles. The zero-order chi connectivity index (χ0) is 12.3. The van der Waals surface area contributed by atoms with Gasteiger partial charge >= 0.3 is 0 Å². The fourth-order valence-corrected chi connectivity index (χ4v) is 2.27. The van der Waals surface area contributed by atoms with Crippen LogP contribution in [0.2, 0.25) is 0 Å². The van der Waals surface area contributed by atoms with E-state index in [2.05, 4.69) is 37.5 Å². The molecular formula is C12H13IN4. The van der Waals surface area contributed by atoms with Gasteiger partial charge in [-0.2, -0.15) is 0 Å². The molecule has 0 atom stereocenters. The molecule has 2 aromatic rings. The zero-order valence-corrected chi connectivity index (χ0v) is 11.6. The molecule has 2 N–H and O–H groups in total. The molecule has 0 unspecified atom stereocenters. The second-order valence-electron chi connectivity index (χ2n) is 3.79. The molecule has 0 spiro atoms. The third kappa shape index (κ3) is 3.06. The number of nitrogens with zero attached hydrogens (tertiary/aromatic N) is 3. The van der Waals surface area contributed by atoms with Crippen molar-refractivity contribution in [2.45, 2.75) is 6.54 Å². The molecule has 0 bridgehead atoms. The van der Waals surface area contributed by atoms with Gasteiger partial charge in [0.2, 0.25) is 0 Å². The van der Waals surface area contributed by atoms with E-state index >= 15 is 0 Å². The van der Waals surface area contributed by atoms with Crippen LogP contribution < -0.4 is 10.6 Å². The van der Waals surface area contributed by atoms with E-state index in [-0.39, 0.29) is 0 Å². The Morgan fingerprint density at radius 2 is 2.00 bits per heavy atom. The van der Waals surface area contributed by atoms with Gasteiger partial charge in [0.05, 0.1) is 3.57 Å². The van der Waals surface area contributed by atoms with E-state index in [1.165, 1.54) is 5.56 Å². The lowest BCUT2D eigenvalue weighted by molar-refractivity contribution is 0.885. The van der Waals surface area contributed by atoms with Gasteiger partial charge < -0.3 is 10.6 Å². The maximum atomic E-state index is 5.66. The summed E-state index contributed by atoms with van der Waals surface area (Å²) in [6.45, 7) is 0.799. The molecule has 17 heavy (non-hydrogen) atoms. The van der Waals surface area contributed by atoms with E-state index in [1.54, 1.807) is 6.33 Å². The monoisotopic (exact) mass is 340 g/mol. The van der Waals surface area contributed by atoms with Crippen molar-refractivity contribution >= 4 is 34.1 Å². The molecule has 88 valence electrons. The summed E-state index contributed by atoms with van der Waals surface area (Å²) >= 11 is 2.24. The summed E-state index contributed by atoms with van der Waals surface area (Å²) in [4.78, 5) is 10.4. The number of rotatable bonds is 3. The molecule has 1 aromatic heterocycles. The first-order valence-electron chi connectivity index (χ1n) is 5.18. The maximum Gasteiger partial charge on any atom is 0.145 e. The van der Waals surface area contributed by atoms with Crippen molar-refractivity contribution in [3.63, 3.8) is 0 Å². The minimum Gasteiger partial charge on any atom is -0.399 e. The van der Waals surface area contributed by atoms with E-state index in [1.807, 2.05) is 37.5 Å². The van der Waals surface area contributed by atoms with Crippen LogP contribution in [0.3, 0.4) is 0 Å². The lowest BCUT2D eigenvalue weighted by Gasteiger charge is -2.19. The molecule has 0 amide bonds. The Labute approximate surface area is 114 Å². The van der Waals surface area contributed by atoms with Crippen LogP contribution in [0.1, 0.15) is 5.56 Å². The summed E-state index contributed by atoms with van der Waals surface area (Å²) in [6.07, 6.45) is 3.37. The van der Waals surface area contributed by atoms with E-state index < -0.39 is 0 Å². The molecule has 0 saturated carbocycles. The van der Waals surface area contributed by atoms with Crippen LogP contribution in [0.15, 0.2) is 36.8 Å². The van der Waals surface area contributed by atoms with Crippen molar-refractivity contribution < 1.29 is 0 Å². The lowest BCUT2D eigenvalue weighted by Crippen LogP contribution is -2.18. The molecule has 4 nitrogen and oxygen atoms in total. The highest BCUT2D eigenvalue weighted by atomic mass is 127. The third-order valence-corrected chi connectivity index (χ3v) is 3.17. The van der Waals surface area contributed by atoms with E-state index in [0.717, 1.165) is 21.6 Å². The Bertz CT molecular complexity index is 498. The quantitative estimate of drug-likeness (QED) is 0.688. The molecule has 0 radical (unpaired) electrons. The van der Waals surface area contributed by atoms with Gasteiger partial charge in [0.1, 0.15) is 12.1 Å². The Balaban J connectivity index is 2.14. The molecular weight excluding hydrogens is 327 g/mol. The molecule has 0 fully saturated rings. The predicted octanol–water partition coefficient (Wildman–Crippen LogP) is 2.30. The predicted molar refractivity (Wildman–Crippen MR) is 77.7 cm³/mol. The largest absolute Gasteiger partial charge is 0.399 e. The second kappa shape index (κ2) is 5.31. The van der Waals surface area contributed by atoms with Gasteiger partial charge in [-0.05, 0) is 40.3 Å². The van der Waals surface area contributed by atoms with Crippen LogP contribution in [0.25, 0.3) is 0 Å². The highest BCUT2D eigenvalue weighted by Gasteiger charge is 2.07. The highest BCUT2D eigenvalue weighted by Crippen LogP contribution is 2.18. The number of halogens is 1. The number of nitrogens with two attached hydrogens (primary N) is 1. The lowest BCUT2D eigenvalue weighted by atomic mass is 10.2. The van der Waals surface area contributed by atoms with Crippen LogP contribution in [0.5, 0.6) is 0 Å². The molecule has 2 rings (SSSR count). The Kier molecular flexibility index (Phi) is 3.78. The normalized spacial score (nSPS) is 10.2. The first-order valence-corrected chi connectivity index (χ1v) is 6.26. The van der Waals surface area contributed by atoms with Crippen LogP contribution in [0, 0.1) is 3.57 Å². The second-order valence-corrected chi connectivity index (χ2v) is 4.95. The minimum atomic E-state index is 0.785. The fraction of sp³-hybridized carbons (Fsp3) is 0.167. The molecule has 0 aliphatic heterocycles. The fourth-order valence-electron chi connectivity index (χ4n) is 1.56. The molecule has 1 aromatic carbocycles. The van der Waals surface area contributed by atoms with Gasteiger partial charge in [0.15, 0.2) is 0 Å². The maximum absolute atomic E-state index is 5.66. The number of hydrogen-bond acceptors (Lipinski definition) is 4. The van der Waals surface area contributed by atoms with Crippen LogP contribution in [-0.2, 0) is 6.54 Å². The van der Waals surface area contributed by atoms with Gasteiger partial charge in [0, 0.05) is 25.5 Å². The first-order chi connectivity index (χ1) is 8.16. The smallest absolute Gasteiger partial charge is 0.145 e. The summed E-state index contributed by atoms with van der Waals surface area (Å²) in [5.41, 5.74) is 7.65. The zero-order valence-electron chi connectivity index (χ0n) is 9.47. The standard InChI is InChI=1S/C12H13IN4/c1-17(12-11(13)6-15-8-16-12)7-9-2-4-10(14)5-3-9/h2-6,8H,7,14H2,1H3. The number of hydrogen-bond donors (Lipinski definition) is 1. The van der Waals surface area contributed by atoms with E-state index in [0.29, 0.717) is 0 Å². The van der Waals surface area contributed by atoms with Crippen molar-refractivity contribution in [1.29, 1.82) is 0 Å². The van der Waals surface area contributed by atoms with Crippen LogP contribution in [-0.4, -0.2) is 17.0 Å². The van der Waals surface area contributed by atoms with Crippen molar-refractivity contribution in [1.82, 2.24) is 9.97 Å². The Hall–Kier alpha value is -1.37. The summed E-state index contributed by atoms with van der Waals surface area (Å²) in [6, 6.07) is 7.88. The number of nitrogen functional groups attached to an aromatic ring is 1. The molecule has 0 aliphatic rings. The average molecular weight is 340 g/mol. The number of aromatic nitrogens is 2. The highest BCUT2D eigenvalue weighted by molar-refractivity contribution is 14.1. The molecule has 1 heterocycles.